The van der Waals surface area contributed by atoms with Gasteiger partial charge in [0.15, 0.2) is 0 Å². The number of carbonyl (C=O) groups is 1. The van der Waals surface area contributed by atoms with E-state index in [1.807, 2.05) is 64.8 Å². The Hall–Kier alpha value is -3.41. The molecule has 0 fully saturated rings. The Balaban J connectivity index is 1.34. The Labute approximate surface area is 157 Å². The lowest BCUT2D eigenvalue weighted by Gasteiger charge is -2.14. The van der Waals surface area contributed by atoms with Gasteiger partial charge in [-0.05, 0) is 49.2 Å². The van der Waals surface area contributed by atoms with E-state index < -0.39 is 0 Å². The van der Waals surface area contributed by atoms with Gasteiger partial charge in [-0.1, -0.05) is 24.3 Å². The van der Waals surface area contributed by atoms with Crippen molar-refractivity contribution in [2.24, 2.45) is 0 Å². The van der Waals surface area contributed by atoms with Crippen LogP contribution in [0.15, 0.2) is 73.3 Å². The zero-order valence-corrected chi connectivity index (χ0v) is 15.1. The number of nitrogens with one attached hydrogen (secondary N) is 1. The number of benzene rings is 2. The second kappa shape index (κ2) is 7.45. The third-order valence-electron chi connectivity index (χ3n) is 4.70. The molecule has 1 amide bonds. The van der Waals surface area contributed by atoms with Crippen LogP contribution in [0.3, 0.4) is 0 Å². The molecule has 0 aliphatic carbocycles. The van der Waals surface area contributed by atoms with Crippen LogP contribution in [-0.4, -0.2) is 31.8 Å². The van der Waals surface area contributed by atoms with Crippen molar-refractivity contribution < 1.29 is 4.79 Å². The van der Waals surface area contributed by atoms with Gasteiger partial charge in [0.1, 0.15) is 6.04 Å². The maximum absolute atomic E-state index is 12.5. The van der Waals surface area contributed by atoms with Crippen LogP contribution >= 0.6 is 0 Å². The standard InChI is InChI=1S/C21H21N5O/c1-16(25-15-23-19-5-2-3-6-20(19)25)21(27)22-13-11-17-7-9-18(10-8-17)26-14-4-12-24-26/h2-10,12,14-16H,11,13H2,1H3,(H,22,27)/t16-/m1/s1. The molecule has 4 aromatic rings. The molecule has 0 aliphatic heterocycles. The van der Waals surface area contributed by atoms with Gasteiger partial charge in [-0.3, -0.25) is 4.79 Å². The maximum atomic E-state index is 12.5. The molecule has 0 bridgehead atoms. The van der Waals surface area contributed by atoms with Gasteiger partial charge in [0.05, 0.1) is 23.0 Å². The number of hydrogen-bond donors (Lipinski definition) is 1. The fraction of sp³-hybridized carbons (Fsp3) is 0.190. The van der Waals surface area contributed by atoms with Crippen LogP contribution in [0.2, 0.25) is 0 Å². The van der Waals surface area contributed by atoms with Crippen molar-refractivity contribution in [3.05, 3.63) is 78.9 Å². The van der Waals surface area contributed by atoms with Gasteiger partial charge in [-0.15, -0.1) is 0 Å². The fourth-order valence-corrected chi connectivity index (χ4v) is 3.13. The van der Waals surface area contributed by atoms with E-state index in [1.54, 1.807) is 12.5 Å². The molecule has 6 nitrogen and oxygen atoms in total. The number of amides is 1. The molecule has 4 rings (SSSR count). The summed E-state index contributed by atoms with van der Waals surface area (Å²) in [5.74, 6) is -0.00804. The molecule has 1 N–H and O–H groups in total. The summed E-state index contributed by atoms with van der Waals surface area (Å²) in [6.45, 7) is 2.49. The van der Waals surface area contributed by atoms with Gasteiger partial charge in [0.25, 0.3) is 0 Å². The second-order valence-electron chi connectivity index (χ2n) is 6.47. The molecule has 1 atom stereocenters. The highest BCUT2D eigenvalue weighted by atomic mass is 16.2. The number of hydrogen-bond acceptors (Lipinski definition) is 3. The summed E-state index contributed by atoms with van der Waals surface area (Å²) in [5, 5.41) is 7.24. The average Bonchev–Trinajstić information content (AvgIpc) is 3.38. The van der Waals surface area contributed by atoms with Crippen molar-refractivity contribution in [2.75, 3.05) is 6.54 Å². The van der Waals surface area contributed by atoms with Crippen LogP contribution in [0, 0.1) is 0 Å². The van der Waals surface area contributed by atoms with Gasteiger partial charge < -0.3 is 9.88 Å². The lowest BCUT2D eigenvalue weighted by Crippen LogP contribution is -2.32. The number of imidazole rings is 1. The van der Waals surface area contributed by atoms with Crippen LogP contribution in [0.4, 0.5) is 0 Å². The summed E-state index contributed by atoms with van der Waals surface area (Å²) in [7, 11) is 0. The van der Waals surface area contributed by atoms with Gasteiger partial charge >= 0.3 is 0 Å². The minimum atomic E-state index is -0.306. The van der Waals surface area contributed by atoms with Crippen LogP contribution in [-0.2, 0) is 11.2 Å². The first-order chi connectivity index (χ1) is 13.2. The summed E-state index contributed by atoms with van der Waals surface area (Å²) in [5.41, 5.74) is 4.06. The molecule has 0 radical (unpaired) electrons. The first-order valence-electron chi connectivity index (χ1n) is 9.00. The highest BCUT2D eigenvalue weighted by Gasteiger charge is 2.16. The van der Waals surface area contributed by atoms with E-state index in [2.05, 4.69) is 27.5 Å². The van der Waals surface area contributed by atoms with E-state index in [4.69, 9.17) is 0 Å². The summed E-state index contributed by atoms with van der Waals surface area (Å²) in [6.07, 6.45) is 6.18. The number of carbonyl (C=O) groups excluding carboxylic acids is 1. The van der Waals surface area contributed by atoms with E-state index in [0.717, 1.165) is 23.1 Å². The molecule has 0 unspecified atom stereocenters. The minimum Gasteiger partial charge on any atom is -0.354 e. The molecule has 0 aliphatic rings. The van der Waals surface area contributed by atoms with Crippen molar-refractivity contribution in [2.45, 2.75) is 19.4 Å². The van der Waals surface area contributed by atoms with E-state index >= 15 is 0 Å². The largest absolute Gasteiger partial charge is 0.354 e. The molecule has 2 aromatic heterocycles. The maximum Gasteiger partial charge on any atom is 0.242 e. The summed E-state index contributed by atoms with van der Waals surface area (Å²) >= 11 is 0. The molecule has 2 aromatic carbocycles. The Morgan fingerprint density at radius 2 is 1.93 bits per heavy atom. The molecule has 0 spiro atoms. The minimum absolute atomic E-state index is 0.00804. The van der Waals surface area contributed by atoms with E-state index in [0.29, 0.717) is 6.54 Å². The Morgan fingerprint density at radius 1 is 1.11 bits per heavy atom. The first-order valence-corrected chi connectivity index (χ1v) is 9.00. The molecule has 6 heteroatoms. The average molecular weight is 359 g/mol. The van der Waals surface area contributed by atoms with Gasteiger partial charge in [-0.25, -0.2) is 9.67 Å². The predicted octanol–water partition coefficient (Wildman–Crippen LogP) is 3.14. The summed E-state index contributed by atoms with van der Waals surface area (Å²) in [4.78, 5) is 16.9. The van der Waals surface area contributed by atoms with Gasteiger partial charge in [0.2, 0.25) is 5.91 Å². The van der Waals surface area contributed by atoms with Crippen LogP contribution in [0.1, 0.15) is 18.5 Å². The molecule has 27 heavy (non-hydrogen) atoms. The number of para-hydroxylation sites is 2. The van der Waals surface area contributed by atoms with Crippen LogP contribution < -0.4 is 5.32 Å². The summed E-state index contributed by atoms with van der Waals surface area (Å²) in [6, 6.07) is 17.6. The van der Waals surface area contributed by atoms with Crippen molar-refractivity contribution in [3.8, 4) is 5.69 Å². The normalized spacial score (nSPS) is 12.2. The molecule has 0 saturated heterocycles. The van der Waals surface area contributed by atoms with E-state index in [-0.39, 0.29) is 11.9 Å². The highest BCUT2D eigenvalue weighted by molar-refractivity contribution is 5.83. The first kappa shape index (κ1) is 17.0. The van der Waals surface area contributed by atoms with Crippen LogP contribution in [0.5, 0.6) is 0 Å². The van der Waals surface area contributed by atoms with Crippen molar-refractivity contribution in [1.82, 2.24) is 24.6 Å². The van der Waals surface area contributed by atoms with Crippen LogP contribution in [0.25, 0.3) is 16.7 Å². The lowest BCUT2D eigenvalue weighted by molar-refractivity contribution is -0.123. The van der Waals surface area contributed by atoms with Gasteiger partial charge in [-0.2, -0.15) is 5.10 Å². The number of rotatable bonds is 6. The fourth-order valence-electron chi connectivity index (χ4n) is 3.13. The lowest BCUT2D eigenvalue weighted by atomic mass is 10.1. The van der Waals surface area contributed by atoms with Gasteiger partial charge in [0, 0.05) is 18.9 Å². The highest BCUT2D eigenvalue weighted by Crippen LogP contribution is 2.17. The number of nitrogens with zero attached hydrogens (tertiary/aromatic N) is 4. The zero-order chi connectivity index (χ0) is 18.6. The third kappa shape index (κ3) is 3.60. The SMILES string of the molecule is C[C@H](C(=O)NCCc1ccc(-n2cccn2)cc1)n1cnc2ccccc21. The van der Waals surface area contributed by atoms with Crippen molar-refractivity contribution in [3.63, 3.8) is 0 Å². The van der Waals surface area contributed by atoms with Crippen molar-refractivity contribution >= 4 is 16.9 Å². The topological polar surface area (TPSA) is 64.7 Å². The molecular formula is C21H21N5O. The Bertz CT molecular complexity index is 1030. The Kier molecular flexibility index (Phi) is 4.70. The van der Waals surface area contributed by atoms with Crippen molar-refractivity contribution in [1.29, 1.82) is 0 Å². The molecule has 2 heterocycles. The quantitative estimate of drug-likeness (QED) is 0.575. The zero-order valence-electron chi connectivity index (χ0n) is 15.1. The number of fused-ring (bicyclic) bond motifs is 1. The third-order valence-corrected chi connectivity index (χ3v) is 4.70. The Morgan fingerprint density at radius 3 is 2.70 bits per heavy atom. The van der Waals surface area contributed by atoms with E-state index in [1.165, 1.54) is 5.56 Å². The second-order valence-corrected chi connectivity index (χ2v) is 6.47. The number of aromatic nitrogens is 4. The molecular weight excluding hydrogens is 338 g/mol. The smallest absolute Gasteiger partial charge is 0.242 e. The molecule has 0 saturated carbocycles. The predicted molar refractivity (Wildman–Crippen MR) is 105 cm³/mol. The monoisotopic (exact) mass is 359 g/mol. The summed E-state index contributed by atoms with van der Waals surface area (Å²) < 4.78 is 3.73. The van der Waals surface area contributed by atoms with E-state index in [9.17, 15) is 4.79 Å². The molecule has 136 valence electrons.